The third-order valence-electron chi connectivity index (χ3n) is 1.28. The first-order valence-electron chi connectivity index (χ1n) is 3.31. The summed E-state index contributed by atoms with van der Waals surface area (Å²) < 4.78 is 0. The largest absolute Gasteiger partial charge is 0.345 e. The van der Waals surface area contributed by atoms with E-state index >= 15 is 0 Å². The summed E-state index contributed by atoms with van der Waals surface area (Å²) in [5, 5.41) is 34.6. The second-order valence-corrected chi connectivity index (χ2v) is 2.39. The number of rotatable bonds is 6. The van der Waals surface area contributed by atoms with Crippen LogP contribution in [0.1, 0.15) is 6.92 Å². The van der Waals surface area contributed by atoms with E-state index in [1.807, 2.05) is 0 Å². The molecule has 0 aliphatic rings. The van der Waals surface area contributed by atoms with Crippen molar-refractivity contribution in [3.05, 3.63) is 20.2 Å². The van der Waals surface area contributed by atoms with Crippen LogP contribution in [0.5, 0.6) is 0 Å². The zero-order valence-electron chi connectivity index (χ0n) is 7.02. The maximum absolute atomic E-state index is 9.75. The Morgan fingerprint density at radius 3 is 2.21 bits per heavy atom. The first-order valence-corrected chi connectivity index (χ1v) is 3.31. The molecule has 14 heavy (non-hydrogen) atoms. The lowest BCUT2D eigenvalue weighted by molar-refractivity contribution is -0.820. The smallest absolute Gasteiger partial charge is 0.324 e. The highest BCUT2D eigenvalue weighted by Gasteiger charge is 2.36. The van der Waals surface area contributed by atoms with Gasteiger partial charge in [0.25, 0.3) is 10.2 Å². The standard InChI is InChI=1S/C4H8N2O8/c1-3(2-13-5(9)10)4(7,8)14-6(11)12/h3,7-8H,2H2,1H3. The van der Waals surface area contributed by atoms with Crippen LogP contribution >= 0.6 is 0 Å². The van der Waals surface area contributed by atoms with Crippen LogP contribution in [0, 0.1) is 26.1 Å². The van der Waals surface area contributed by atoms with E-state index in [1.54, 1.807) is 0 Å². The van der Waals surface area contributed by atoms with E-state index in [9.17, 15) is 20.2 Å². The average molecular weight is 212 g/mol. The Morgan fingerprint density at radius 1 is 1.36 bits per heavy atom. The van der Waals surface area contributed by atoms with Crippen molar-refractivity contribution in [1.82, 2.24) is 0 Å². The Bertz CT molecular complexity index is 227. The van der Waals surface area contributed by atoms with Crippen LogP contribution in [0.3, 0.4) is 0 Å². The minimum atomic E-state index is -3.11. The molecule has 0 amide bonds. The zero-order valence-corrected chi connectivity index (χ0v) is 7.02. The molecule has 0 bridgehead atoms. The molecule has 0 aliphatic carbocycles. The van der Waals surface area contributed by atoms with E-state index in [-0.39, 0.29) is 0 Å². The molecule has 10 nitrogen and oxygen atoms in total. The van der Waals surface area contributed by atoms with Gasteiger partial charge in [-0.3, -0.25) is 0 Å². The maximum Gasteiger partial charge on any atom is 0.324 e. The van der Waals surface area contributed by atoms with Crippen molar-refractivity contribution in [2.45, 2.75) is 12.9 Å². The molecule has 0 aromatic rings. The van der Waals surface area contributed by atoms with E-state index in [4.69, 9.17) is 10.2 Å². The summed E-state index contributed by atoms with van der Waals surface area (Å²) in [5.74, 6) is -4.47. The van der Waals surface area contributed by atoms with Gasteiger partial charge in [0.2, 0.25) is 0 Å². The van der Waals surface area contributed by atoms with Crippen LogP contribution in [0.2, 0.25) is 0 Å². The highest BCUT2D eigenvalue weighted by Crippen LogP contribution is 2.15. The number of hydrogen-bond acceptors (Lipinski definition) is 8. The predicted octanol–water partition coefficient (Wildman–Crippen LogP) is -1.32. The van der Waals surface area contributed by atoms with Crippen LogP contribution < -0.4 is 0 Å². The molecule has 0 aromatic carbocycles. The Morgan fingerprint density at radius 2 is 1.86 bits per heavy atom. The van der Waals surface area contributed by atoms with Crippen LogP contribution in [0.15, 0.2) is 0 Å². The molecule has 0 aliphatic heterocycles. The van der Waals surface area contributed by atoms with Gasteiger partial charge in [-0.15, -0.1) is 20.2 Å². The highest BCUT2D eigenvalue weighted by molar-refractivity contribution is 4.58. The molecule has 2 N–H and O–H groups in total. The van der Waals surface area contributed by atoms with Gasteiger partial charge in [-0.1, -0.05) is 6.92 Å². The van der Waals surface area contributed by atoms with Crippen molar-refractivity contribution in [2.24, 2.45) is 5.92 Å². The fraction of sp³-hybridized carbons (Fsp3) is 1.00. The second-order valence-electron chi connectivity index (χ2n) is 2.39. The highest BCUT2D eigenvalue weighted by atomic mass is 17.0. The molecule has 1 unspecified atom stereocenters. The quantitative estimate of drug-likeness (QED) is 0.313. The van der Waals surface area contributed by atoms with Crippen molar-refractivity contribution in [3.8, 4) is 0 Å². The molecule has 0 fully saturated rings. The third-order valence-corrected chi connectivity index (χ3v) is 1.28. The van der Waals surface area contributed by atoms with Gasteiger partial charge < -0.3 is 15.1 Å². The second kappa shape index (κ2) is 4.53. The first kappa shape index (κ1) is 12.3. The van der Waals surface area contributed by atoms with Crippen LogP contribution in [0.25, 0.3) is 0 Å². The van der Waals surface area contributed by atoms with Crippen LogP contribution in [-0.2, 0) is 9.68 Å². The van der Waals surface area contributed by atoms with Gasteiger partial charge in [0.1, 0.15) is 6.61 Å². The van der Waals surface area contributed by atoms with E-state index in [0.717, 1.165) is 6.92 Å². The SMILES string of the molecule is CC(CO[N+](=O)[O-])C(O)(O)O[N+](=O)[O-]. The molecule has 0 heterocycles. The van der Waals surface area contributed by atoms with Gasteiger partial charge in [-0.25, -0.2) is 4.84 Å². The summed E-state index contributed by atoms with van der Waals surface area (Å²) in [6, 6.07) is 0. The fourth-order valence-electron chi connectivity index (χ4n) is 0.481. The molecular formula is C4H8N2O8. The van der Waals surface area contributed by atoms with Gasteiger partial charge in [0, 0.05) is 0 Å². The molecule has 10 heteroatoms. The summed E-state index contributed by atoms with van der Waals surface area (Å²) in [7, 11) is 0. The normalized spacial score (nSPS) is 13.1. The molecular weight excluding hydrogens is 204 g/mol. The van der Waals surface area contributed by atoms with Crippen molar-refractivity contribution >= 4 is 0 Å². The maximum atomic E-state index is 9.75. The predicted molar refractivity (Wildman–Crippen MR) is 37.4 cm³/mol. The molecule has 1 atom stereocenters. The van der Waals surface area contributed by atoms with E-state index in [1.165, 1.54) is 0 Å². The Kier molecular flexibility index (Phi) is 3.98. The lowest BCUT2D eigenvalue weighted by Gasteiger charge is -2.24. The minimum absolute atomic E-state index is 0.742. The monoisotopic (exact) mass is 212 g/mol. The summed E-state index contributed by atoms with van der Waals surface area (Å²) >= 11 is 0. The third kappa shape index (κ3) is 4.37. The van der Waals surface area contributed by atoms with Gasteiger partial charge >= 0.3 is 5.97 Å². The Balaban J connectivity index is 4.13. The number of hydrogen-bond donors (Lipinski definition) is 2. The Labute approximate surface area is 76.9 Å². The van der Waals surface area contributed by atoms with E-state index < -0.39 is 28.7 Å². The summed E-state index contributed by atoms with van der Waals surface area (Å²) in [5.41, 5.74) is 0. The van der Waals surface area contributed by atoms with Gasteiger partial charge in [-0.05, 0) is 0 Å². The van der Waals surface area contributed by atoms with E-state index in [0.29, 0.717) is 0 Å². The van der Waals surface area contributed by atoms with Gasteiger partial charge in [0.15, 0.2) is 0 Å². The summed E-state index contributed by atoms with van der Waals surface area (Å²) in [6.07, 6.45) is 0. The lowest BCUT2D eigenvalue weighted by Crippen LogP contribution is -2.43. The van der Waals surface area contributed by atoms with Crippen molar-refractivity contribution < 1.29 is 30.1 Å². The van der Waals surface area contributed by atoms with Crippen LogP contribution in [0.4, 0.5) is 0 Å². The topological polar surface area (TPSA) is 145 Å². The van der Waals surface area contributed by atoms with Crippen molar-refractivity contribution in [3.63, 3.8) is 0 Å². The Hall–Kier alpha value is -1.68. The zero-order chi connectivity index (χ0) is 11.4. The number of nitrogens with zero attached hydrogens (tertiary/aromatic N) is 2. The minimum Gasteiger partial charge on any atom is -0.345 e. The van der Waals surface area contributed by atoms with Crippen LogP contribution in [-0.4, -0.2) is 33.0 Å². The molecule has 0 radical (unpaired) electrons. The molecule has 82 valence electrons. The fourth-order valence-corrected chi connectivity index (χ4v) is 0.481. The number of aliphatic hydroxyl groups is 2. The summed E-state index contributed by atoms with van der Waals surface area (Å²) in [4.78, 5) is 26.7. The molecule has 0 saturated heterocycles. The lowest BCUT2D eigenvalue weighted by atomic mass is 10.1. The molecule has 0 spiro atoms. The van der Waals surface area contributed by atoms with Crippen molar-refractivity contribution in [1.29, 1.82) is 0 Å². The average Bonchev–Trinajstić information content (AvgIpc) is 1.97. The van der Waals surface area contributed by atoms with Gasteiger partial charge in [-0.2, -0.15) is 0 Å². The van der Waals surface area contributed by atoms with E-state index in [2.05, 4.69) is 9.68 Å². The molecule has 0 saturated carbocycles. The van der Waals surface area contributed by atoms with Crippen molar-refractivity contribution in [2.75, 3.05) is 6.61 Å². The first-order chi connectivity index (χ1) is 6.25. The van der Waals surface area contributed by atoms with Gasteiger partial charge in [0.05, 0.1) is 5.92 Å². The molecule has 0 rings (SSSR count). The summed E-state index contributed by atoms with van der Waals surface area (Å²) in [6.45, 7) is 0.320. The molecule has 0 aromatic heterocycles.